The molecule has 19 heavy (non-hydrogen) atoms. The summed E-state index contributed by atoms with van der Waals surface area (Å²) in [5.74, 6) is -2.36. The molecule has 0 saturated carbocycles. The number of aromatic nitrogens is 1. The van der Waals surface area contributed by atoms with Gasteiger partial charge in [0.1, 0.15) is 11.6 Å². The quantitative estimate of drug-likeness (QED) is 0.698. The Hall–Kier alpha value is -2.49. The molecule has 1 aromatic heterocycles. The minimum atomic E-state index is -0.852. The van der Waals surface area contributed by atoms with Crippen LogP contribution >= 0.6 is 0 Å². The van der Waals surface area contributed by atoms with Gasteiger partial charge in [0.05, 0.1) is 5.56 Å². The Morgan fingerprint density at radius 2 is 1.63 bits per heavy atom. The van der Waals surface area contributed by atoms with Crippen LogP contribution in [0, 0.1) is 11.6 Å². The fourth-order valence-electron chi connectivity index (χ4n) is 2.11. The lowest BCUT2D eigenvalue weighted by molar-refractivity contribution is 0.103. The largest absolute Gasteiger partial charge is 0.360 e. The van der Waals surface area contributed by atoms with E-state index in [9.17, 15) is 13.6 Å². The van der Waals surface area contributed by atoms with E-state index in [1.165, 1.54) is 12.3 Å². The number of rotatable bonds is 2. The maximum absolute atomic E-state index is 13.6. The zero-order chi connectivity index (χ0) is 13.4. The third-order valence-electron chi connectivity index (χ3n) is 3.02. The average molecular weight is 257 g/mol. The van der Waals surface area contributed by atoms with Crippen LogP contribution in [0.15, 0.2) is 48.7 Å². The second-order valence-corrected chi connectivity index (χ2v) is 4.17. The van der Waals surface area contributed by atoms with Gasteiger partial charge in [0.25, 0.3) is 0 Å². The lowest BCUT2D eigenvalue weighted by atomic mass is 10.0. The molecule has 0 aliphatic heterocycles. The molecule has 2 aromatic carbocycles. The summed E-state index contributed by atoms with van der Waals surface area (Å²) in [6.07, 6.45) is 1.47. The first-order valence-electron chi connectivity index (χ1n) is 5.73. The lowest BCUT2D eigenvalue weighted by Crippen LogP contribution is -2.06. The van der Waals surface area contributed by atoms with Gasteiger partial charge in [-0.25, -0.2) is 8.78 Å². The SMILES string of the molecule is O=C(c1c(F)cccc1F)c1c[nH]c2ccccc12. The number of hydrogen-bond donors (Lipinski definition) is 1. The Balaban J connectivity index is 2.20. The number of hydrogen-bond acceptors (Lipinski definition) is 1. The van der Waals surface area contributed by atoms with Gasteiger partial charge in [-0.05, 0) is 18.2 Å². The Kier molecular flexibility index (Phi) is 2.63. The van der Waals surface area contributed by atoms with E-state index in [1.54, 1.807) is 18.2 Å². The predicted molar refractivity (Wildman–Crippen MR) is 68.1 cm³/mol. The number of carbonyl (C=O) groups is 1. The third-order valence-corrected chi connectivity index (χ3v) is 3.02. The maximum atomic E-state index is 13.6. The number of H-pyrrole nitrogens is 1. The van der Waals surface area contributed by atoms with Crippen molar-refractivity contribution < 1.29 is 13.6 Å². The first-order chi connectivity index (χ1) is 9.18. The van der Waals surface area contributed by atoms with Crippen molar-refractivity contribution in [2.45, 2.75) is 0 Å². The molecule has 3 rings (SSSR count). The van der Waals surface area contributed by atoms with Crippen molar-refractivity contribution in [3.8, 4) is 0 Å². The van der Waals surface area contributed by atoms with Crippen LogP contribution in [0.3, 0.4) is 0 Å². The summed E-state index contributed by atoms with van der Waals surface area (Å²) in [5.41, 5.74) is 0.495. The van der Waals surface area contributed by atoms with E-state index in [0.29, 0.717) is 5.39 Å². The summed E-state index contributed by atoms with van der Waals surface area (Å²) >= 11 is 0. The van der Waals surface area contributed by atoms with E-state index in [0.717, 1.165) is 17.6 Å². The molecular weight excluding hydrogens is 248 g/mol. The standard InChI is InChI=1S/C15H9F2NO/c16-11-5-3-6-12(17)14(11)15(19)10-8-18-13-7-2-1-4-9(10)13/h1-8,18H. The van der Waals surface area contributed by atoms with Gasteiger partial charge in [-0.3, -0.25) is 4.79 Å². The normalized spacial score (nSPS) is 10.8. The molecular formula is C15H9F2NO. The van der Waals surface area contributed by atoms with Crippen LogP contribution in [0.1, 0.15) is 15.9 Å². The van der Waals surface area contributed by atoms with Gasteiger partial charge in [0.15, 0.2) is 0 Å². The van der Waals surface area contributed by atoms with Gasteiger partial charge in [-0.2, -0.15) is 0 Å². The number of halogens is 2. The van der Waals surface area contributed by atoms with Crippen molar-refractivity contribution in [1.82, 2.24) is 4.98 Å². The molecule has 1 N–H and O–H groups in total. The maximum Gasteiger partial charge on any atom is 0.201 e. The van der Waals surface area contributed by atoms with E-state index in [4.69, 9.17) is 0 Å². The summed E-state index contributed by atoms with van der Waals surface area (Å²) in [5, 5.41) is 0.648. The van der Waals surface area contributed by atoms with Crippen LogP contribution in [-0.2, 0) is 0 Å². The molecule has 1 heterocycles. The van der Waals surface area contributed by atoms with Gasteiger partial charge in [-0.1, -0.05) is 24.3 Å². The highest BCUT2D eigenvalue weighted by molar-refractivity contribution is 6.16. The summed E-state index contributed by atoms with van der Waals surface area (Å²) < 4.78 is 27.2. The summed E-state index contributed by atoms with van der Waals surface area (Å²) in [6, 6.07) is 10.5. The van der Waals surface area contributed by atoms with Crippen molar-refractivity contribution >= 4 is 16.7 Å². The van der Waals surface area contributed by atoms with E-state index >= 15 is 0 Å². The number of fused-ring (bicyclic) bond motifs is 1. The van der Waals surface area contributed by atoms with Gasteiger partial charge < -0.3 is 4.98 Å². The lowest BCUT2D eigenvalue weighted by Gasteiger charge is -2.03. The van der Waals surface area contributed by atoms with Crippen LogP contribution in [0.2, 0.25) is 0 Å². The Labute approximate surface area is 107 Å². The van der Waals surface area contributed by atoms with Crippen molar-refractivity contribution in [1.29, 1.82) is 0 Å². The molecule has 0 radical (unpaired) electrons. The van der Waals surface area contributed by atoms with Crippen molar-refractivity contribution in [2.24, 2.45) is 0 Å². The molecule has 0 fully saturated rings. The van der Waals surface area contributed by atoms with Crippen LogP contribution in [0.25, 0.3) is 10.9 Å². The fraction of sp³-hybridized carbons (Fsp3) is 0. The monoisotopic (exact) mass is 257 g/mol. The minimum Gasteiger partial charge on any atom is -0.360 e. The van der Waals surface area contributed by atoms with Gasteiger partial charge in [0.2, 0.25) is 5.78 Å². The van der Waals surface area contributed by atoms with E-state index in [-0.39, 0.29) is 5.56 Å². The number of nitrogens with one attached hydrogen (secondary N) is 1. The first-order valence-corrected chi connectivity index (χ1v) is 5.73. The third kappa shape index (κ3) is 1.81. The average Bonchev–Trinajstić information content (AvgIpc) is 2.82. The molecule has 0 amide bonds. The van der Waals surface area contributed by atoms with E-state index in [1.807, 2.05) is 6.07 Å². The zero-order valence-corrected chi connectivity index (χ0v) is 9.78. The van der Waals surface area contributed by atoms with Crippen molar-refractivity contribution in [2.75, 3.05) is 0 Å². The molecule has 0 saturated heterocycles. The number of benzene rings is 2. The topological polar surface area (TPSA) is 32.9 Å². The second kappa shape index (κ2) is 4.31. The van der Waals surface area contributed by atoms with Crippen LogP contribution < -0.4 is 0 Å². The Morgan fingerprint density at radius 3 is 2.37 bits per heavy atom. The first kappa shape index (κ1) is 11.6. The molecule has 3 aromatic rings. The predicted octanol–water partition coefficient (Wildman–Crippen LogP) is 3.68. The molecule has 0 unspecified atom stereocenters. The van der Waals surface area contributed by atoms with E-state index in [2.05, 4.69) is 4.98 Å². The van der Waals surface area contributed by atoms with Crippen molar-refractivity contribution in [3.63, 3.8) is 0 Å². The fourth-order valence-corrected chi connectivity index (χ4v) is 2.11. The molecule has 0 spiro atoms. The van der Waals surface area contributed by atoms with Crippen molar-refractivity contribution in [3.05, 3.63) is 71.4 Å². The highest BCUT2D eigenvalue weighted by atomic mass is 19.1. The Morgan fingerprint density at radius 1 is 0.947 bits per heavy atom. The summed E-state index contributed by atoms with van der Waals surface area (Å²) in [6.45, 7) is 0. The molecule has 94 valence electrons. The molecule has 0 atom stereocenters. The number of para-hydroxylation sites is 1. The number of carbonyl (C=O) groups excluding carboxylic acids is 1. The molecule has 4 heteroatoms. The summed E-state index contributed by atoms with van der Waals surface area (Å²) in [4.78, 5) is 15.2. The number of ketones is 1. The molecule has 0 bridgehead atoms. The van der Waals surface area contributed by atoms with Crippen LogP contribution in [0.4, 0.5) is 8.78 Å². The molecule has 0 aliphatic carbocycles. The Bertz CT molecular complexity index is 756. The minimum absolute atomic E-state index is 0.264. The highest BCUT2D eigenvalue weighted by Gasteiger charge is 2.21. The van der Waals surface area contributed by atoms with Crippen LogP contribution in [-0.4, -0.2) is 10.8 Å². The molecule has 0 aliphatic rings. The van der Waals surface area contributed by atoms with Gasteiger partial charge in [-0.15, -0.1) is 0 Å². The smallest absolute Gasteiger partial charge is 0.201 e. The van der Waals surface area contributed by atoms with Crippen LogP contribution in [0.5, 0.6) is 0 Å². The van der Waals surface area contributed by atoms with E-state index < -0.39 is 23.0 Å². The van der Waals surface area contributed by atoms with Gasteiger partial charge in [0, 0.05) is 22.7 Å². The number of aromatic amines is 1. The van der Waals surface area contributed by atoms with Gasteiger partial charge >= 0.3 is 0 Å². The zero-order valence-electron chi connectivity index (χ0n) is 9.78. The second-order valence-electron chi connectivity index (χ2n) is 4.17. The summed E-state index contributed by atoms with van der Waals surface area (Å²) in [7, 11) is 0. The molecule has 2 nitrogen and oxygen atoms in total. The highest BCUT2D eigenvalue weighted by Crippen LogP contribution is 2.23.